The molecule has 0 fully saturated rings. The second kappa shape index (κ2) is 8.00. The SMILES string of the molecule is Cc1ccc(-n2nc(CCNC(=O)O)cc2S(=O)(=O)c2ccc(C)nc2)c(F)c1. The summed E-state index contributed by atoms with van der Waals surface area (Å²) >= 11 is 0. The van der Waals surface area contributed by atoms with E-state index in [-0.39, 0.29) is 28.6 Å². The minimum atomic E-state index is -4.05. The molecule has 152 valence electrons. The van der Waals surface area contributed by atoms with Gasteiger partial charge in [0, 0.05) is 24.9 Å². The summed E-state index contributed by atoms with van der Waals surface area (Å²) in [4.78, 5) is 14.6. The van der Waals surface area contributed by atoms with Crippen LogP contribution < -0.4 is 5.32 Å². The third-order valence-corrected chi connectivity index (χ3v) is 5.89. The minimum absolute atomic E-state index is 0.0216. The van der Waals surface area contributed by atoms with E-state index < -0.39 is 21.7 Å². The molecule has 0 bridgehead atoms. The fraction of sp³-hybridized carbons (Fsp3) is 0.211. The molecule has 0 unspecified atom stereocenters. The largest absolute Gasteiger partial charge is 0.465 e. The summed E-state index contributed by atoms with van der Waals surface area (Å²) in [6.07, 6.45) is 0.174. The zero-order valence-corrected chi connectivity index (χ0v) is 16.6. The molecule has 1 amide bonds. The Morgan fingerprint density at radius 3 is 2.59 bits per heavy atom. The monoisotopic (exact) mass is 418 g/mol. The highest BCUT2D eigenvalue weighted by atomic mass is 32.2. The van der Waals surface area contributed by atoms with E-state index in [9.17, 15) is 17.6 Å². The maximum absolute atomic E-state index is 14.6. The van der Waals surface area contributed by atoms with E-state index in [0.717, 1.165) is 4.68 Å². The molecule has 3 rings (SSSR count). The van der Waals surface area contributed by atoms with E-state index in [2.05, 4.69) is 15.4 Å². The predicted octanol–water partition coefficient (Wildman–Crippen LogP) is 2.67. The molecule has 10 heteroatoms. The van der Waals surface area contributed by atoms with Crippen LogP contribution in [0.2, 0.25) is 0 Å². The van der Waals surface area contributed by atoms with Crippen molar-refractivity contribution in [1.29, 1.82) is 0 Å². The highest BCUT2D eigenvalue weighted by Gasteiger charge is 2.26. The van der Waals surface area contributed by atoms with Crippen LogP contribution in [0.25, 0.3) is 5.69 Å². The van der Waals surface area contributed by atoms with Crippen molar-refractivity contribution in [1.82, 2.24) is 20.1 Å². The molecule has 8 nitrogen and oxygen atoms in total. The smallest absolute Gasteiger partial charge is 0.404 e. The molecule has 0 spiro atoms. The van der Waals surface area contributed by atoms with Gasteiger partial charge in [-0.1, -0.05) is 6.07 Å². The number of nitrogens with one attached hydrogen (secondary N) is 1. The Morgan fingerprint density at radius 1 is 1.21 bits per heavy atom. The molecule has 0 saturated carbocycles. The number of aryl methyl sites for hydroxylation is 2. The third kappa shape index (κ3) is 4.43. The van der Waals surface area contributed by atoms with Gasteiger partial charge < -0.3 is 10.4 Å². The zero-order chi connectivity index (χ0) is 21.2. The second-order valence-corrected chi connectivity index (χ2v) is 8.36. The fourth-order valence-electron chi connectivity index (χ4n) is 2.71. The number of benzene rings is 1. The number of sulfone groups is 1. The summed E-state index contributed by atoms with van der Waals surface area (Å²) < 4.78 is 42.0. The van der Waals surface area contributed by atoms with Crippen LogP contribution in [0, 0.1) is 19.7 Å². The number of halogens is 1. The Kier molecular flexibility index (Phi) is 5.64. The summed E-state index contributed by atoms with van der Waals surface area (Å²) in [6, 6.07) is 8.69. The highest BCUT2D eigenvalue weighted by molar-refractivity contribution is 7.91. The molecular weight excluding hydrogens is 399 g/mol. The van der Waals surface area contributed by atoms with Gasteiger partial charge in [0.2, 0.25) is 9.84 Å². The summed E-state index contributed by atoms with van der Waals surface area (Å²) in [7, 11) is -4.05. The van der Waals surface area contributed by atoms with Gasteiger partial charge in [-0.05, 0) is 49.7 Å². The lowest BCUT2D eigenvalue weighted by molar-refractivity contribution is 0.194. The lowest BCUT2D eigenvalue weighted by Crippen LogP contribution is -2.23. The molecule has 1 aromatic carbocycles. The lowest BCUT2D eigenvalue weighted by Gasteiger charge is -2.10. The van der Waals surface area contributed by atoms with Gasteiger partial charge >= 0.3 is 6.09 Å². The Balaban J connectivity index is 2.11. The van der Waals surface area contributed by atoms with Gasteiger partial charge in [-0.3, -0.25) is 4.98 Å². The molecule has 0 aliphatic carbocycles. The van der Waals surface area contributed by atoms with E-state index in [1.165, 1.54) is 30.5 Å². The molecule has 3 aromatic rings. The van der Waals surface area contributed by atoms with E-state index in [1.807, 2.05) is 0 Å². The van der Waals surface area contributed by atoms with Crippen molar-refractivity contribution in [2.24, 2.45) is 0 Å². The van der Waals surface area contributed by atoms with Gasteiger partial charge in [-0.25, -0.2) is 22.3 Å². The normalized spacial score (nSPS) is 11.4. The molecule has 2 N–H and O–H groups in total. The molecule has 0 atom stereocenters. The molecule has 2 aromatic heterocycles. The van der Waals surface area contributed by atoms with Crippen molar-refractivity contribution in [3.8, 4) is 5.69 Å². The first-order chi connectivity index (χ1) is 13.7. The van der Waals surface area contributed by atoms with Crippen molar-refractivity contribution in [3.05, 3.63) is 65.4 Å². The van der Waals surface area contributed by atoms with E-state index in [1.54, 1.807) is 26.0 Å². The summed E-state index contributed by atoms with van der Waals surface area (Å²) in [5, 5.41) is 14.9. The number of pyridine rings is 1. The first-order valence-electron chi connectivity index (χ1n) is 8.68. The summed E-state index contributed by atoms with van der Waals surface area (Å²) in [6.45, 7) is 3.48. The van der Waals surface area contributed by atoms with E-state index >= 15 is 0 Å². The van der Waals surface area contributed by atoms with Crippen molar-refractivity contribution < 1.29 is 22.7 Å². The Morgan fingerprint density at radius 2 is 1.97 bits per heavy atom. The van der Waals surface area contributed by atoms with Gasteiger partial charge in [0.05, 0.1) is 10.6 Å². The maximum atomic E-state index is 14.6. The van der Waals surface area contributed by atoms with E-state index in [4.69, 9.17) is 5.11 Å². The van der Waals surface area contributed by atoms with Crippen LogP contribution in [0.3, 0.4) is 0 Å². The predicted molar refractivity (Wildman–Crippen MR) is 102 cm³/mol. The number of hydrogen-bond donors (Lipinski definition) is 2. The van der Waals surface area contributed by atoms with Gasteiger partial charge in [0.25, 0.3) is 0 Å². The number of hydrogen-bond acceptors (Lipinski definition) is 5. The van der Waals surface area contributed by atoms with Gasteiger partial charge in [-0.2, -0.15) is 5.10 Å². The molecule has 0 saturated heterocycles. The highest BCUT2D eigenvalue weighted by Crippen LogP contribution is 2.26. The quantitative estimate of drug-likeness (QED) is 0.636. The second-order valence-electron chi connectivity index (χ2n) is 6.46. The number of carbonyl (C=O) groups is 1. The number of nitrogens with zero attached hydrogens (tertiary/aromatic N) is 3. The summed E-state index contributed by atoms with van der Waals surface area (Å²) in [5.41, 5.74) is 1.61. The zero-order valence-electron chi connectivity index (χ0n) is 15.8. The topological polar surface area (TPSA) is 114 Å². The standard InChI is InChI=1S/C19H19FN4O4S/c1-12-3-6-17(16(20)9-12)24-18(10-14(23-24)7-8-21-19(25)26)29(27,28)15-5-4-13(2)22-11-15/h3-6,9-11,21H,7-8H2,1-2H3,(H,25,26). The molecule has 29 heavy (non-hydrogen) atoms. The lowest BCUT2D eigenvalue weighted by atomic mass is 10.2. The van der Waals surface area contributed by atoms with Crippen LogP contribution in [-0.2, 0) is 16.3 Å². The Labute approximate surface area is 166 Å². The average molecular weight is 418 g/mol. The van der Waals surface area contributed by atoms with Crippen LogP contribution in [0.1, 0.15) is 17.0 Å². The first kappa shape index (κ1) is 20.5. The van der Waals surface area contributed by atoms with E-state index in [0.29, 0.717) is 17.0 Å². The number of rotatable bonds is 6. The Bertz CT molecular complexity index is 1160. The number of aromatic nitrogens is 3. The van der Waals surface area contributed by atoms with Crippen LogP contribution in [0.15, 0.2) is 52.5 Å². The van der Waals surface area contributed by atoms with Crippen LogP contribution in [0.5, 0.6) is 0 Å². The third-order valence-electron chi connectivity index (χ3n) is 4.19. The first-order valence-corrected chi connectivity index (χ1v) is 10.2. The Hall–Kier alpha value is -3.27. The van der Waals surface area contributed by atoms with Gasteiger partial charge in [0.1, 0.15) is 11.5 Å². The molecule has 0 aliphatic heterocycles. The fourth-order valence-corrected chi connectivity index (χ4v) is 4.05. The van der Waals surface area contributed by atoms with Crippen molar-refractivity contribution in [2.75, 3.05) is 6.54 Å². The summed E-state index contributed by atoms with van der Waals surface area (Å²) in [5.74, 6) is -0.623. The van der Waals surface area contributed by atoms with Gasteiger partial charge in [0.15, 0.2) is 5.03 Å². The van der Waals surface area contributed by atoms with Gasteiger partial charge in [-0.15, -0.1) is 0 Å². The average Bonchev–Trinajstić information content (AvgIpc) is 3.06. The van der Waals surface area contributed by atoms with Crippen LogP contribution >= 0.6 is 0 Å². The number of carboxylic acid groups (broad SMARTS) is 1. The van der Waals surface area contributed by atoms with Crippen LogP contribution in [0.4, 0.5) is 9.18 Å². The molecule has 2 heterocycles. The van der Waals surface area contributed by atoms with Crippen LogP contribution in [-0.4, -0.2) is 40.9 Å². The van der Waals surface area contributed by atoms with Crippen molar-refractivity contribution in [3.63, 3.8) is 0 Å². The molecule has 0 aliphatic rings. The van der Waals surface area contributed by atoms with Crippen molar-refractivity contribution in [2.45, 2.75) is 30.2 Å². The minimum Gasteiger partial charge on any atom is -0.465 e. The number of amides is 1. The van der Waals surface area contributed by atoms with Crippen molar-refractivity contribution >= 4 is 15.9 Å². The maximum Gasteiger partial charge on any atom is 0.404 e. The molecule has 0 radical (unpaired) electrons. The molecular formula is C19H19FN4O4S.